The maximum absolute atomic E-state index is 11.4. The van der Waals surface area contributed by atoms with Gasteiger partial charge >= 0.3 is 0 Å². The topological polar surface area (TPSA) is 42.0 Å². The van der Waals surface area contributed by atoms with E-state index in [9.17, 15) is 4.79 Å². The Hall–Kier alpha value is -1.38. The van der Waals surface area contributed by atoms with Crippen molar-refractivity contribution in [1.29, 1.82) is 0 Å². The zero-order valence-electron chi connectivity index (χ0n) is 9.20. The highest BCUT2D eigenvalue weighted by molar-refractivity contribution is 5.77. The number of pyridine rings is 1. The summed E-state index contributed by atoms with van der Waals surface area (Å²) in [6.07, 6.45) is 5.50. The molecule has 1 N–H and O–H groups in total. The van der Waals surface area contributed by atoms with Gasteiger partial charge in [-0.15, -0.1) is 0 Å². The molecular weight excluding hydrogens is 188 g/mol. The molecule has 1 rings (SSSR count). The third kappa shape index (κ3) is 5.15. The lowest BCUT2D eigenvalue weighted by molar-refractivity contribution is -0.120. The van der Waals surface area contributed by atoms with Gasteiger partial charge in [0, 0.05) is 18.4 Å². The second kappa shape index (κ2) is 6.98. The van der Waals surface area contributed by atoms with E-state index >= 15 is 0 Å². The summed E-state index contributed by atoms with van der Waals surface area (Å²) in [7, 11) is 0. The van der Waals surface area contributed by atoms with Gasteiger partial charge in [0.05, 0.1) is 6.42 Å². The summed E-state index contributed by atoms with van der Waals surface area (Å²) in [6.45, 7) is 2.93. The minimum Gasteiger partial charge on any atom is -0.356 e. The van der Waals surface area contributed by atoms with Crippen molar-refractivity contribution < 1.29 is 4.79 Å². The van der Waals surface area contributed by atoms with E-state index in [0.29, 0.717) is 6.42 Å². The summed E-state index contributed by atoms with van der Waals surface area (Å²) in [5.41, 5.74) is 0.825. The molecule has 82 valence electrons. The standard InChI is InChI=1S/C12H18N2O/c1-2-3-5-9-14-12(15)10-11-7-4-6-8-13-11/h4,6-8H,2-3,5,9-10H2,1H3,(H,14,15). The molecule has 0 saturated heterocycles. The van der Waals surface area contributed by atoms with Crippen LogP contribution in [-0.2, 0) is 11.2 Å². The summed E-state index contributed by atoms with van der Waals surface area (Å²) in [4.78, 5) is 15.5. The van der Waals surface area contributed by atoms with Crippen LogP contribution in [0.25, 0.3) is 0 Å². The fourth-order valence-electron chi connectivity index (χ4n) is 1.33. The molecule has 0 aliphatic carbocycles. The molecule has 15 heavy (non-hydrogen) atoms. The lowest BCUT2D eigenvalue weighted by Crippen LogP contribution is -2.26. The highest BCUT2D eigenvalue weighted by Crippen LogP contribution is 1.95. The first-order valence-corrected chi connectivity index (χ1v) is 5.49. The molecule has 0 unspecified atom stereocenters. The largest absolute Gasteiger partial charge is 0.356 e. The lowest BCUT2D eigenvalue weighted by atomic mass is 10.2. The molecule has 0 aliphatic rings. The van der Waals surface area contributed by atoms with Crippen molar-refractivity contribution in [3.05, 3.63) is 30.1 Å². The molecule has 0 aromatic carbocycles. The van der Waals surface area contributed by atoms with Crippen molar-refractivity contribution in [2.45, 2.75) is 32.6 Å². The highest BCUT2D eigenvalue weighted by Gasteiger charge is 2.02. The zero-order valence-corrected chi connectivity index (χ0v) is 9.20. The first-order valence-electron chi connectivity index (χ1n) is 5.49. The molecule has 0 saturated carbocycles. The maximum atomic E-state index is 11.4. The Morgan fingerprint density at radius 2 is 2.27 bits per heavy atom. The number of carbonyl (C=O) groups is 1. The number of rotatable bonds is 6. The van der Waals surface area contributed by atoms with Gasteiger partial charge in [-0.1, -0.05) is 25.8 Å². The number of hydrogen-bond donors (Lipinski definition) is 1. The first kappa shape index (κ1) is 11.7. The third-order valence-electron chi connectivity index (χ3n) is 2.17. The van der Waals surface area contributed by atoms with Crippen LogP contribution < -0.4 is 5.32 Å². The molecule has 0 bridgehead atoms. The molecule has 0 aliphatic heterocycles. The van der Waals surface area contributed by atoms with E-state index in [1.54, 1.807) is 6.20 Å². The average Bonchev–Trinajstić information content (AvgIpc) is 2.26. The molecule has 3 heteroatoms. The fourth-order valence-corrected chi connectivity index (χ4v) is 1.33. The predicted molar refractivity (Wildman–Crippen MR) is 60.5 cm³/mol. The van der Waals surface area contributed by atoms with Gasteiger partial charge < -0.3 is 5.32 Å². The van der Waals surface area contributed by atoms with E-state index < -0.39 is 0 Å². The number of amides is 1. The van der Waals surface area contributed by atoms with Gasteiger partial charge in [0.2, 0.25) is 5.91 Å². The van der Waals surface area contributed by atoms with Gasteiger partial charge in [-0.3, -0.25) is 9.78 Å². The number of carbonyl (C=O) groups excluding carboxylic acids is 1. The number of aromatic nitrogens is 1. The van der Waals surface area contributed by atoms with Crippen molar-refractivity contribution in [3.8, 4) is 0 Å². The van der Waals surface area contributed by atoms with Crippen LogP contribution in [0.5, 0.6) is 0 Å². The maximum Gasteiger partial charge on any atom is 0.226 e. The summed E-state index contributed by atoms with van der Waals surface area (Å²) >= 11 is 0. The van der Waals surface area contributed by atoms with Crippen molar-refractivity contribution in [1.82, 2.24) is 10.3 Å². The minimum atomic E-state index is 0.0600. The first-order chi connectivity index (χ1) is 7.33. The monoisotopic (exact) mass is 206 g/mol. The smallest absolute Gasteiger partial charge is 0.226 e. The van der Waals surface area contributed by atoms with Crippen LogP contribution in [0.1, 0.15) is 31.9 Å². The van der Waals surface area contributed by atoms with E-state index in [1.807, 2.05) is 18.2 Å². The number of unbranched alkanes of at least 4 members (excludes halogenated alkanes) is 2. The van der Waals surface area contributed by atoms with Gasteiger partial charge in [-0.2, -0.15) is 0 Å². The SMILES string of the molecule is CCCCCNC(=O)Cc1ccccn1. The van der Waals surface area contributed by atoms with Gasteiger partial charge in [-0.05, 0) is 18.6 Å². The van der Waals surface area contributed by atoms with Crippen LogP contribution in [-0.4, -0.2) is 17.4 Å². The Morgan fingerprint density at radius 3 is 2.93 bits per heavy atom. The van der Waals surface area contributed by atoms with E-state index in [0.717, 1.165) is 18.7 Å². The highest BCUT2D eigenvalue weighted by atomic mass is 16.1. The summed E-state index contributed by atoms with van der Waals surface area (Å²) in [5.74, 6) is 0.0600. The van der Waals surface area contributed by atoms with Crippen molar-refractivity contribution in [2.75, 3.05) is 6.54 Å². The van der Waals surface area contributed by atoms with Crippen LogP contribution in [0, 0.1) is 0 Å². The summed E-state index contributed by atoms with van der Waals surface area (Å²) in [5, 5.41) is 2.89. The van der Waals surface area contributed by atoms with Gasteiger partial charge in [0.25, 0.3) is 0 Å². The van der Waals surface area contributed by atoms with Crippen LogP contribution in [0.4, 0.5) is 0 Å². The molecule has 3 nitrogen and oxygen atoms in total. The van der Waals surface area contributed by atoms with E-state index in [1.165, 1.54) is 12.8 Å². The molecule has 1 heterocycles. The average molecular weight is 206 g/mol. The lowest BCUT2D eigenvalue weighted by Gasteiger charge is -2.03. The summed E-state index contributed by atoms with van der Waals surface area (Å²) < 4.78 is 0. The molecule has 0 atom stereocenters. The van der Waals surface area contributed by atoms with Gasteiger partial charge in [-0.25, -0.2) is 0 Å². The second-order valence-electron chi connectivity index (χ2n) is 3.55. The third-order valence-corrected chi connectivity index (χ3v) is 2.17. The van der Waals surface area contributed by atoms with Crippen molar-refractivity contribution >= 4 is 5.91 Å². The Labute approximate surface area is 90.9 Å². The zero-order chi connectivity index (χ0) is 10.9. The van der Waals surface area contributed by atoms with Crippen LogP contribution in [0.2, 0.25) is 0 Å². The number of nitrogens with zero attached hydrogens (tertiary/aromatic N) is 1. The predicted octanol–water partition coefficient (Wildman–Crippen LogP) is 1.93. The normalized spacial score (nSPS) is 9.93. The second-order valence-corrected chi connectivity index (χ2v) is 3.55. The van der Waals surface area contributed by atoms with Crippen LogP contribution >= 0.6 is 0 Å². The number of hydrogen-bond acceptors (Lipinski definition) is 2. The minimum absolute atomic E-state index is 0.0600. The molecular formula is C12H18N2O. The van der Waals surface area contributed by atoms with Gasteiger partial charge in [0.15, 0.2) is 0 Å². The van der Waals surface area contributed by atoms with Crippen LogP contribution in [0.15, 0.2) is 24.4 Å². The molecule has 0 radical (unpaired) electrons. The number of nitrogens with one attached hydrogen (secondary N) is 1. The quantitative estimate of drug-likeness (QED) is 0.723. The van der Waals surface area contributed by atoms with Crippen molar-refractivity contribution in [3.63, 3.8) is 0 Å². The van der Waals surface area contributed by atoms with Crippen molar-refractivity contribution in [2.24, 2.45) is 0 Å². The van der Waals surface area contributed by atoms with E-state index in [2.05, 4.69) is 17.2 Å². The summed E-state index contributed by atoms with van der Waals surface area (Å²) in [6, 6.07) is 5.61. The van der Waals surface area contributed by atoms with E-state index in [4.69, 9.17) is 0 Å². The molecule has 1 aromatic heterocycles. The Kier molecular flexibility index (Phi) is 5.44. The van der Waals surface area contributed by atoms with E-state index in [-0.39, 0.29) is 5.91 Å². The molecule has 0 fully saturated rings. The Morgan fingerprint density at radius 1 is 1.40 bits per heavy atom. The molecule has 0 spiro atoms. The van der Waals surface area contributed by atoms with Crippen LogP contribution in [0.3, 0.4) is 0 Å². The molecule has 1 amide bonds. The van der Waals surface area contributed by atoms with Gasteiger partial charge in [0.1, 0.15) is 0 Å². The Bertz CT molecular complexity index is 285. The Balaban J connectivity index is 2.19. The molecule has 1 aromatic rings. The fraction of sp³-hybridized carbons (Fsp3) is 0.500.